The van der Waals surface area contributed by atoms with Crippen molar-refractivity contribution in [3.8, 4) is 0 Å². The lowest BCUT2D eigenvalue weighted by Gasteiger charge is -2.21. The number of benzene rings is 1. The summed E-state index contributed by atoms with van der Waals surface area (Å²) in [6, 6.07) is 4.53. The Morgan fingerprint density at radius 3 is 2.71 bits per heavy atom. The number of halogens is 2. The summed E-state index contributed by atoms with van der Waals surface area (Å²) in [5, 5.41) is 1.48. The van der Waals surface area contributed by atoms with Crippen molar-refractivity contribution in [3.05, 3.63) is 50.9 Å². The van der Waals surface area contributed by atoms with Gasteiger partial charge >= 0.3 is 6.03 Å². The molecule has 2 aromatic rings. The van der Waals surface area contributed by atoms with Gasteiger partial charge in [-0.25, -0.2) is 14.1 Å². The zero-order valence-corrected chi connectivity index (χ0v) is 17.5. The molecule has 3 heterocycles. The van der Waals surface area contributed by atoms with E-state index in [1.807, 2.05) is 0 Å². The molecule has 1 fully saturated rings. The van der Waals surface area contributed by atoms with Gasteiger partial charge in [0.15, 0.2) is 11.5 Å². The number of anilines is 1. The normalized spacial score (nSPS) is 18.1. The number of carbonyl (C=O) groups excluding carboxylic acids is 3. The summed E-state index contributed by atoms with van der Waals surface area (Å²) in [5.41, 5.74) is 5.42. The summed E-state index contributed by atoms with van der Waals surface area (Å²) < 4.78 is 30.3. The topological polar surface area (TPSA) is 108 Å². The van der Waals surface area contributed by atoms with Crippen LogP contribution in [0.3, 0.4) is 0 Å². The Balaban J connectivity index is 1.77. The summed E-state index contributed by atoms with van der Waals surface area (Å²) in [6.45, 7) is 0.156. The van der Waals surface area contributed by atoms with Crippen molar-refractivity contribution in [3.63, 3.8) is 0 Å². The average Bonchev–Trinajstić information content (AvgIpc) is 3.37. The Bertz CT molecular complexity index is 1080. The summed E-state index contributed by atoms with van der Waals surface area (Å²) in [7, 11) is 0. The molecule has 0 bridgehead atoms. The van der Waals surface area contributed by atoms with E-state index in [1.165, 1.54) is 11.3 Å². The smallest absolute Gasteiger partial charge is 0.326 e. The molecule has 1 aromatic carbocycles. The molecule has 3 amide bonds. The van der Waals surface area contributed by atoms with Gasteiger partial charge in [-0.05, 0) is 23.6 Å². The number of carbonyl (C=O) groups is 3. The second kappa shape index (κ2) is 8.75. The zero-order chi connectivity index (χ0) is 22.1. The lowest BCUT2D eigenvalue weighted by Crippen LogP contribution is -2.38. The van der Waals surface area contributed by atoms with Crippen LogP contribution in [0.25, 0.3) is 11.3 Å². The number of primary amides is 1. The van der Waals surface area contributed by atoms with Crippen LogP contribution in [-0.2, 0) is 23.8 Å². The molecule has 1 saturated heterocycles. The summed E-state index contributed by atoms with van der Waals surface area (Å²) in [5.74, 6) is -2.33. The molecule has 0 saturated carbocycles. The van der Waals surface area contributed by atoms with Crippen LogP contribution in [0, 0.1) is 11.7 Å². The molecular formula is C20H16ClFN2O6S. The van der Waals surface area contributed by atoms with Crippen molar-refractivity contribution in [2.45, 2.75) is 0 Å². The van der Waals surface area contributed by atoms with Crippen molar-refractivity contribution in [1.29, 1.82) is 0 Å². The largest absolute Gasteiger partial charge is 0.483 e. The number of amides is 3. The van der Waals surface area contributed by atoms with Crippen LogP contribution < -0.4 is 10.6 Å². The van der Waals surface area contributed by atoms with E-state index >= 15 is 0 Å². The molecule has 2 N–H and O–H groups in total. The third-order valence-corrected chi connectivity index (χ3v) is 5.94. The number of nitrogens with two attached hydrogens (primary N) is 1. The highest BCUT2D eigenvalue weighted by atomic mass is 35.5. The number of Topliss-reactive ketones (excluding diaryl/α,β-unsaturated/α-hetero) is 1. The lowest BCUT2D eigenvalue weighted by atomic mass is 10.0. The first kappa shape index (κ1) is 21.4. The number of hydrogen-bond donors (Lipinski definition) is 1. The van der Waals surface area contributed by atoms with Gasteiger partial charge in [-0.2, -0.15) is 0 Å². The predicted molar refractivity (Wildman–Crippen MR) is 111 cm³/mol. The standard InChI is InChI=1S/C20H16ClFN2O6S/c21-12-5-14-11(4-13(12)22)17(19(26)24(14)20(23)27)18(16-2-1-3-31-16)30-8-15(25)10-6-28-9-29-7-10/h1-5,10H,6-9H2,(H2,23,27)/b18-17+. The highest BCUT2D eigenvalue weighted by molar-refractivity contribution is 7.11. The van der Waals surface area contributed by atoms with Crippen LogP contribution in [0.15, 0.2) is 29.6 Å². The fourth-order valence-electron chi connectivity index (χ4n) is 3.31. The lowest BCUT2D eigenvalue weighted by molar-refractivity contribution is -0.152. The Labute approximate surface area is 184 Å². The minimum absolute atomic E-state index is 0.0389. The van der Waals surface area contributed by atoms with Crippen molar-refractivity contribution in [1.82, 2.24) is 0 Å². The highest BCUT2D eigenvalue weighted by Crippen LogP contribution is 2.43. The van der Waals surface area contributed by atoms with Crippen molar-refractivity contribution >= 4 is 57.7 Å². The fourth-order valence-corrected chi connectivity index (χ4v) is 4.19. The zero-order valence-electron chi connectivity index (χ0n) is 15.9. The number of fused-ring (bicyclic) bond motifs is 1. The maximum Gasteiger partial charge on any atom is 0.326 e. The van der Waals surface area contributed by atoms with E-state index < -0.39 is 23.7 Å². The van der Waals surface area contributed by atoms with Crippen LogP contribution >= 0.6 is 22.9 Å². The molecule has 2 aliphatic heterocycles. The molecule has 2 aliphatic rings. The predicted octanol–water partition coefficient (Wildman–Crippen LogP) is 3.04. The van der Waals surface area contributed by atoms with E-state index in [2.05, 4.69) is 0 Å². The van der Waals surface area contributed by atoms with E-state index in [-0.39, 0.29) is 60.0 Å². The molecule has 0 radical (unpaired) electrons. The van der Waals surface area contributed by atoms with Crippen LogP contribution in [0.2, 0.25) is 5.02 Å². The Kier molecular flexibility index (Phi) is 6.05. The number of hydrogen-bond acceptors (Lipinski definition) is 7. The van der Waals surface area contributed by atoms with Crippen LogP contribution in [-0.4, -0.2) is 44.3 Å². The second-order valence-electron chi connectivity index (χ2n) is 6.76. The quantitative estimate of drug-likeness (QED) is 0.536. The molecule has 4 rings (SSSR count). The number of thiophene rings is 1. The number of rotatable bonds is 5. The molecule has 0 aliphatic carbocycles. The minimum Gasteiger partial charge on any atom is -0.483 e. The summed E-state index contributed by atoms with van der Waals surface area (Å²) in [6.07, 6.45) is 0. The van der Waals surface area contributed by atoms with Crippen LogP contribution in [0.4, 0.5) is 14.9 Å². The Morgan fingerprint density at radius 2 is 2.06 bits per heavy atom. The van der Waals surface area contributed by atoms with E-state index in [4.69, 9.17) is 31.5 Å². The first-order valence-electron chi connectivity index (χ1n) is 9.11. The van der Waals surface area contributed by atoms with Gasteiger partial charge in [0.25, 0.3) is 5.91 Å². The molecule has 8 nitrogen and oxygen atoms in total. The molecule has 31 heavy (non-hydrogen) atoms. The number of urea groups is 1. The second-order valence-corrected chi connectivity index (χ2v) is 8.11. The van der Waals surface area contributed by atoms with Gasteiger partial charge < -0.3 is 19.9 Å². The van der Waals surface area contributed by atoms with E-state index in [1.54, 1.807) is 17.5 Å². The van der Waals surface area contributed by atoms with Gasteiger partial charge in [0.05, 0.1) is 40.3 Å². The summed E-state index contributed by atoms with van der Waals surface area (Å²) >= 11 is 7.10. The van der Waals surface area contributed by atoms with Gasteiger partial charge in [-0.3, -0.25) is 9.59 Å². The molecule has 0 unspecified atom stereocenters. The Morgan fingerprint density at radius 1 is 1.32 bits per heavy atom. The average molecular weight is 467 g/mol. The first-order valence-corrected chi connectivity index (χ1v) is 10.4. The van der Waals surface area contributed by atoms with Gasteiger partial charge in [0.2, 0.25) is 0 Å². The minimum atomic E-state index is -1.05. The van der Waals surface area contributed by atoms with E-state index in [0.29, 0.717) is 9.78 Å². The molecular weight excluding hydrogens is 451 g/mol. The number of ether oxygens (including phenoxy) is 3. The van der Waals surface area contributed by atoms with Crippen LogP contribution in [0.1, 0.15) is 10.4 Å². The van der Waals surface area contributed by atoms with Gasteiger partial charge in [-0.15, -0.1) is 11.3 Å². The molecule has 1 aromatic heterocycles. The van der Waals surface area contributed by atoms with Crippen molar-refractivity contribution in [2.75, 3.05) is 31.5 Å². The van der Waals surface area contributed by atoms with Gasteiger partial charge in [0, 0.05) is 5.56 Å². The monoisotopic (exact) mass is 466 g/mol. The van der Waals surface area contributed by atoms with Crippen molar-refractivity contribution in [2.24, 2.45) is 11.7 Å². The highest BCUT2D eigenvalue weighted by Gasteiger charge is 2.40. The first-order chi connectivity index (χ1) is 14.9. The maximum absolute atomic E-state index is 14.2. The van der Waals surface area contributed by atoms with Gasteiger partial charge in [-0.1, -0.05) is 17.7 Å². The van der Waals surface area contributed by atoms with Gasteiger partial charge in [0.1, 0.15) is 19.2 Å². The molecule has 0 spiro atoms. The third-order valence-electron chi connectivity index (χ3n) is 4.78. The number of nitrogens with zero attached hydrogens (tertiary/aromatic N) is 1. The summed E-state index contributed by atoms with van der Waals surface area (Å²) in [4.78, 5) is 38.8. The number of imide groups is 1. The third kappa shape index (κ3) is 4.07. The molecule has 11 heteroatoms. The Hall–Kier alpha value is -2.79. The maximum atomic E-state index is 14.2. The molecule has 162 valence electrons. The molecule has 0 atom stereocenters. The van der Waals surface area contributed by atoms with Crippen LogP contribution in [0.5, 0.6) is 0 Å². The van der Waals surface area contributed by atoms with E-state index in [9.17, 15) is 18.8 Å². The van der Waals surface area contributed by atoms with E-state index in [0.717, 1.165) is 12.1 Å². The fraction of sp³-hybridized carbons (Fsp3) is 0.250. The SMILES string of the molecule is NC(=O)N1C(=O)/C(=C(/OCC(=O)C2COCOC2)c2cccs2)c2cc(F)c(Cl)cc21. The van der Waals surface area contributed by atoms with Crippen molar-refractivity contribution < 1.29 is 33.0 Å². The number of ketones is 1.